The number of allylic oxidation sites excluding steroid dienone is 8. The summed E-state index contributed by atoms with van der Waals surface area (Å²) in [7, 11) is 0. The molecule has 0 radical (unpaired) electrons. The van der Waals surface area contributed by atoms with E-state index in [-0.39, 0.29) is 5.83 Å². The predicted molar refractivity (Wildman–Crippen MR) is 103 cm³/mol. The molecule has 0 aromatic heterocycles. The van der Waals surface area contributed by atoms with Gasteiger partial charge in [-0.05, 0) is 47.5 Å². The van der Waals surface area contributed by atoms with Gasteiger partial charge in [-0.25, -0.2) is 4.39 Å². The van der Waals surface area contributed by atoms with Gasteiger partial charge in [-0.1, -0.05) is 84.6 Å². The normalized spacial score (nSPS) is 14.6. The van der Waals surface area contributed by atoms with Crippen molar-refractivity contribution in [2.24, 2.45) is 11.8 Å². The van der Waals surface area contributed by atoms with Crippen LogP contribution in [0.3, 0.4) is 0 Å². The molecule has 0 N–H and O–H groups in total. The molecule has 0 spiro atoms. The first-order valence-corrected chi connectivity index (χ1v) is 8.53. The Balaban J connectivity index is 4.59. The molecule has 128 valence electrons. The van der Waals surface area contributed by atoms with E-state index in [4.69, 9.17) is 0 Å². The molecule has 23 heavy (non-hydrogen) atoms. The van der Waals surface area contributed by atoms with Crippen molar-refractivity contribution in [1.82, 2.24) is 0 Å². The van der Waals surface area contributed by atoms with Gasteiger partial charge in [-0.2, -0.15) is 0 Å². The lowest BCUT2D eigenvalue weighted by molar-refractivity contribution is 0.454. The molecule has 0 saturated heterocycles. The third-order valence-electron chi connectivity index (χ3n) is 4.40. The molecule has 0 rings (SSSR count). The predicted octanol–water partition coefficient (Wildman–Crippen LogP) is 7.49. The fraction of sp³-hybridized carbons (Fsp3) is 0.455. The first-order valence-electron chi connectivity index (χ1n) is 8.53. The Labute approximate surface area is 142 Å². The average molecular weight is 317 g/mol. The lowest BCUT2D eigenvalue weighted by atomic mass is 9.91. The fourth-order valence-electron chi connectivity index (χ4n) is 1.92. The van der Waals surface area contributed by atoms with Crippen molar-refractivity contribution in [2.45, 2.75) is 53.4 Å². The molecular weight excluding hydrogens is 283 g/mol. The van der Waals surface area contributed by atoms with Gasteiger partial charge in [-0.15, -0.1) is 0 Å². The molecule has 0 heterocycles. The van der Waals surface area contributed by atoms with Gasteiger partial charge in [0.15, 0.2) is 0 Å². The van der Waals surface area contributed by atoms with E-state index in [1.807, 2.05) is 19.1 Å². The summed E-state index contributed by atoms with van der Waals surface area (Å²) in [4.78, 5) is 0. The largest absolute Gasteiger partial charge is 0.207 e. The average Bonchev–Trinajstić information content (AvgIpc) is 2.55. The van der Waals surface area contributed by atoms with Crippen LogP contribution in [0.5, 0.6) is 0 Å². The zero-order valence-corrected chi connectivity index (χ0v) is 15.4. The summed E-state index contributed by atoms with van der Waals surface area (Å²) >= 11 is 0. The Kier molecular flexibility index (Phi) is 10.2. The molecule has 0 aliphatic carbocycles. The molecule has 0 saturated carbocycles. The van der Waals surface area contributed by atoms with Crippen LogP contribution < -0.4 is 0 Å². The summed E-state index contributed by atoms with van der Waals surface area (Å²) in [5, 5.41) is 0. The van der Waals surface area contributed by atoms with Gasteiger partial charge in [0.1, 0.15) is 5.83 Å². The SMILES string of the molecule is C=C(/C=C\C(=C)C(C)CCC(C)CC)C(=C)/C=C(/F)C(=C)CC. The zero-order valence-electron chi connectivity index (χ0n) is 15.4. The maximum Gasteiger partial charge on any atom is 0.126 e. The van der Waals surface area contributed by atoms with Crippen molar-refractivity contribution in [3.63, 3.8) is 0 Å². The Morgan fingerprint density at radius 3 is 2.09 bits per heavy atom. The smallest absolute Gasteiger partial charge is 0.126 e. The Hall–Kier alpha value is -1.63. The van der Waals surface area contributed by atoms with Gasteiger partial charge in [0.2, 0.25) is 0 Å². The molecule has 2 atom stereocenters. The van der Waals surface area contributed by atoms with E-state index >= 15 is 0 Å². The van der Waals surface area contributed by atoms with Gasteiger partial charge >= 0.3 is 0 Å². The van der Waals surface area contributed by atoms with E-state index in [0.29, 0.717) is 29.1 Å². The molecule has 1 heteroatoms. The van der Waals surface area contributed by atoms with Crippen LogP contribution in [0, 0.1) is 11.8 Å². The second-order valence-electron chi connectivity index (χ2n) is 6.40. The molecule has 0 aliphatic heterocycles. The van der Waals surface area contributed by atoms with Crippen LogP contribution in [0.2, 0.25) is 0 Å². The highest BCUT2D eigenvalue weighted by atomic mass is 19.1. The van der Waals surface area contributed by atoms with Gasteiger partial charge in [0.25, 0.3) is 0 Å². The van der Waals surface area contributed by atoms with Crippen molar-refractivity contribution in [1.29, 1.82) is 0 Å². The zero-order chi connectivity index (χ0) is 18.0. The van der Waals surface area contributed by atoms with Crippen molar-refractivity contribution < 1.29 is 4.39 Å². The lowest BCUT2D eigenvalue weighted by Gasteiger charge is -2.14. The van der Waals surface area contributed by atoms with Crippen molar-refractivity contribution in [3.05, 3.63) is 72.7 Å². The minimum absolute atomic E-state index is 0.326. The summed E-state index contributed by atoms with van der Waals surface area (Å²) in [5.74, 6) is 0.866. The van der Waals surface area contributed by atoms with E-state index in [1.54, 1.807) is 0 Å². The molecule has 0 aromatic rings. The van der Waals surface area contributed by atoms with Crippen LogP contribution in [0.1, 0.15) is 53.4 Å². The van der Waals surface area contributed by atoms with E-state index in [9.17, 15) is 4.39 Å². The maximum atomic E-state index is 13.8. The quantitative estimate of drug-likeness (QED) is 0.346. The van der Waals surface area contributed by atoms with Gasteiger partial charge < -0.3 is 0 Å². The van der Waals surface area contributed by atoms with Crippen LogP contribution in [0.15, 0.2) is 72.7 Å². The van der Waals surface area contributed by atoms with Crippen LogP contribution >= 0.6 is 0 Å². The number of halogens is 1. The Morgan fingerprint density at radius 2 is 1.57 bits per heavy atom. The number of hydrogen-bond acceptors (Lipinski definition) is 0. The molecule has 2 unspecified atom stereocenters. The van der Waals surface area contributed by atoms with Crippen LogP contribution in [0.25, 0.3) is 0 Å². The highest BCUT2D eigenvalue weighted by Crippen LogP contribution is 2.22. The minimum atomic E-state index is -0.326. The minimum Gasteiger partial charge on any atom is -0.207 e. The highest BCUT2D eigenvalue weighted by Gasteiger charge is 2.07. The summed E-state index contributed by atoms with van der Waals surface area (Å²) in [6, 6.07) is 0. The van der Waals surface area contributed by atoms with Crippen LogP contribution in [0.4, 0.5) is 4.39 Å². The maximum absolute atomic E-state index is 13.8. The third kappa shape index (κ3) is 8.54. The molecule has 0 fully saturated rings. The highest BCUT2D eigenvalue weighted by molar-refractivity contribution is 5.46. The van der Waals surface area contributed by atoms with Crippen LogP contribution in [-0.4, -0.2) is 0 Å². The monoisotopic (exact) mass is 316 g/mol. The summed E-state index contributed by atoms with van der Waals surface area (Å²) < 4.78 is 13.8. The number of hydrogen-bond donors (Lipinski definition) is 0. The molecular formula is C22H33F. The molecule has 0 nitrogen and oxygen atoms in total. The fourth-order valence-corrected chi connectivity index (χ4v) is 1.92. The summed E-state index contributed by atoms with van der Waals surface area (Å²) in [6.07, 6.45) is 9.38. The van der Waals surface area contributed by atoms with E-state index in [0.717, 1.165) is 17.9 Å². The van der Waals surface area contributed by atoms with E-state index in [1.165, 1.54) is 18.9 Å². The van der Waals surface area contributed by atoms with Crippen molar-refractivity contribution in [2.75, 3.05) is 0 Å². The summed E-state index contributed by atoms with van der Waals surface area (Å²) in [5.41, 5.74) is 2.81. The molecule has 0 aliphatic rings. The first-order chi connectivity index (χ1) is 10.7. The van der Waals surface area contributed by atoms with Crippen LogP contribution in [-0.2, 0) is 0 Å². The summed E-state index contributed by atoms with van der Waals surface area (Å²) in [6.45, 7) is 24.2. The Bertz CT molecular complexity index is 502. The topological polar surface area (TPSA) is 0 Å². The van der Waals surface area contributed by atoms with Crippen molar-refractivity contribution >= 4 is 0 Å². The second-order valence-corrected chi connectivity index (χ2v) is 6.40. The number of rotatable bonds is 11. The second kappa shape index (κ2) is 11.0. The van der Waals surface area contributed by atoms with Gasteiger partial charge in [0.05, 0.1) is 0 Å². The van der Waals surface area contributed by atoms with E-state index in [2.05, 4.69) is 47.1 Å². The standard InChI is InChI=1S/C22H33F/c1-9-16(3)11-12-18(5)19(6)13-14-20(7)21(8)15-22(23)17(4)10-2/h13-16,18H,4,6-12H2,1-3,5H3/b14-13-,22-15+. The molecule has 0 amide bonds. The van der Waals surface area contributed by atoms with Gasteiger partial charge in [0, 0.05) is 0 Å². The lowest BCUT2D eigenvalue weighted by Crippen LogP contribution is -2.00. The molecule has 0 bridgehead atoms. The molecule has 0 aromatic carbocycles. The first kappa shape index (κ1) is 21.4. The third-order valence-corrected chi connectivity index (χ3v) is 4.40. The van der Waals surface area contributed by atoms with Gasteiger partial charge in [-0.3, -0.25) is 0 Å². The van der Waals surface area contributed by atoms with E-state index < -0.39 is 0 Å². The van der Waals surface area contributed by atoms with Crippen molar-refractivity contribution in [3.8, 4) is 0 Å². The Morgan fingerprint density at radius 1 is 0.957 bits per heavy atom.